The van der Waals surface area contributed by atoms with Crippen LogP contribution < -0.4 is 0 Å². The molecule has 0 spiro atoms. The first kappa shape index (κ1) is 12.2. The monoisotopic (exact) mass is 299 g/mol. The lowest BCUT2D eigenvalue weighted by Crippen LogP contribution is -1.95. The van der Waals surface area contributed by atoms with Gasteiger partial charge in [-0.2, -0.15) is 0 Å². The van der Waals surface area contributed by atoms with Gasteiger partial charge in [-0.25, -0.2) is 9.07 Å². The van der Waals surface area contributed by atoms with E-state index in [4.69, 9.17) is 5.11 Å². The summed E-state index contributed by atoms with van der Waals surface area (Å²) >= 11 is 3.09. The van der Waals surface area contributed by atoms with Crippen LogP contribution in [0.4, 0.5) is 4.39 Å². The zero-order valence-corrected chi connectivity index (χ0v) is 10.6. The summed E-state index contributed by atoms with van der Waals surface area (Å²) in [4.78, 5) is 0. The van der Waals surface area contributed by atoms with Crippen LogP contribution in [0, 0.1) is 5.82 Å². The average molecular weight is 300 g/mol. The molecule has 0 aliphatic rings. The fraction of sp³-hybridized carbons (Fsp3) is 0.273. The summed E-state index contributed by atoms with van der Waals surface area (Å²) in [6.45, 7) is 0.125. The van der Waals surface area contributed by atoms with Gasteiger partial charge in [-0.05, 0) is 40.9 Å². The van der Waals surface area contributed by atoms with E-state index in [9.17, 15) is 4.39 Å². The lowest BCUT2D eigenvalue weighted by molar-refractivity contribution is 0.288. The summed E-state index contributed by atoms with van der Waals surface area (Å²) in [7, 11) is 0. The molecule has 0 bridgehead atoms. The van der Waals surface area contributed by atoms with Crippen LogP contribution in [0.3, 0.4) is 0 Å². The highest BCUT2D eigenvalue weighted by atomic mass is 79.9. The molecule has 0 aliphatic heterocycles. The Bertz CT molecular complexity index is 515. The van der Waals surface area contributed by atoms with Crippen molar-refractivity contribution < 1.29 is 9.50 Å². The van der Waals surface area contributed by atoms with Crippen LogP contribution in [0.5, 0.6) is 0 Å². The predicted molar refractivity (Wildman–Crippen MR) is 64.4 cm³/mol. The second-order valence-corrected chi connectivity index (χ2v) is 4.43. The number of aryl methyl sites for hydroxylation is 1. The molecule has 1 aromatic carbocycles. The first-order valence-electron chi connectivity index (χ1n) is 5.18. The normalized spacial score (nSPS) is 10.8. The molecule has 6 heteroatoms. The van der Waals surface area contributed by atoms with Crippen molar-refractivity contribution in [2.75, 3.05) is 6.61 Å². The van der Waals surface area contributed by atoms with Gasteiger partial charge in [0, 0.05) is 12.7 Å². The topological polar surface area (TPSA) is 50.9 Å². The van der Waals surface area contributed by atoms with Crippen LogP contribution in [0.2, 0.25) is 0 Å². The van der Waals surface area contributed by atoms with Crippen LogP contribution >= 0.6 is 15.9 Å². The minimum absolute atomic E-state index is 0.125. The minimum atomic E-state index is -0.338. The number of nitrogens with zero attached hydrogens (tertiary/aromatic N) is 3. The van der Waals surface area contributed by atoms with Crippen molar-refractivity contribution in [3.05, 3.63) is 40.4 Å². The van der Waals surface area contributed by atoms with Crippen LogP contribution in [-0.2, 0) is 6.42 Å². The van der Waals surface area contributed by atoms with Crippen molar-refractivity contribution in [2.24, 2.45) is 0 Å². The van der Waals surface area contributed by atoms with Crippen LogP contribution in [-0.4, -0.2) is 26.7 Å². The number of hydrogen-bond donors (Lipinski definition) is 1. The first-order chi connectivity index (χ1) is 8.20. The molecule has 1 heterocycles. The number of halogens is 2. The van der Waals surface area contributed by atoms with Gasteiger partial charge in [0.25, 0.3) is 0 Å². The summed E-state index contributed by atoms with van der Waals surface area (Å²) in [5.41, 5.74) is 1.40. The van der Waals surface area contributed by atoms with Gasteiger partial charge >= 0.3 is 0 Å². The molecule has 2 aromatic rings. The molecule has 0 amide bonds. The third kappa shape index (κ3) is 2.89. The molecule has 1 N–H and O–H groups in total. The lowest BCUT2D eigenvalue weighted by Gasteiger charge is -2.00. The van der Waals surface area contributed by atoms with E-state index in [2.05, 4.69) is 26.2 Å². The number of aromatic nitrogens is 3. The van der Waals surface area contributed by atoms with E-state index >= 15 is 0 Å². The van der Waals surface area contributed by atoms with E-state index in [1.165, 1.54) is 10.7 Å². The van der Waals surface area contributed by atoms with Gasteiger partial charge < -0.3 is 5.11 Å². The Balaban J connectivity index is 2.21. The van der Waals surface area contributed by atoms with Crippen LogP contribution in [0.25, 0.3) is 5.69 Å². The van der Waals surface area contributed by atoms with E-state index in [1.807, 2.05) is 0 Å². The maximum Gasteiger partial charge on any atom is 0.139 e. The third-order valence-electron chi connectivity index (χ3n) is 2.30. The van der Waals surface area contributed by atoms with Crippen molar-refractivity contribution in [1.82, 2.24) is 15.0 Å². The predicted octanol–water partition coefficient (Wildman–Crippen LogP) is 2.09. The molecular weight excluding hydrogens is 289 g/mol. The van der Waals surface area contributed by atoms with Crippen LogP contribution in [0.15, 0.2) is 28.9 Å². The van der Waals surface area contributed by atoms with Gasteiger partial charge in [-0.1, -0.05) is 5.21 Å². The minimum Gasteiger partial charge on any atom is -0.396 e. The fourth-order valence-corrected chi connectivity index (χ4v) is 1.67. The zero-order valence-electron chi connectivity index (χ0n) is 8.98. The maximum absolute atomic E-state index is 13.3. The van der Waals surface area contributed by atoms with E-state index in [0.717, 1.165) is 5.69 Å². The van der Waals surface area contributed by atoms with E-state index in [0.29, 0.717) is 23.0 Å². The summed E-state index contributed by atoms with van der Waals surface area (Å²) in [5.74, 6) is -0.338. The molecule has 1 aromatic heterocycles. The Kier molecular flexibility index (Phi) is 3.86. The summed E-state index contributed by atoms with van der Waals surface area (Å²) in [6, 6.07) is 4.76. The molecule has 0 aliphatic carbocycles. The van der Waals surface area contributed by atoms with E-state index in [1.54, 1.807) is 18.3 Å². The van der Waals surface area contributed by atoms with Crippen molar-refractivity contribution in [1.29, 1.82) is 0 Å². The lowest BCUT2D eigenvalue weighted by atomic mass is 10.2. The zero-order chi connectivity index (χ0) is 12.3. The second-order valence-electron chi connectivity index (χ2n) is 3.58. The quantitative estimate of drug-likeness (QED) is 0.940. The summed E-state index contributed by atoms with van der Waals surface area (Å²) < 4.78 is 15.3. The summed E-state index contributed by atoms with van der Waals surface area (Å²) in [5, 5.41) is 16.6. The fourth-order valence-electron chi connectivity index (χ4n) is 1.43. The van der Waals surface area contributed by atoms with Gasteiger partial charge in [0.2, 0.25) is 0 Å². The van der Waals surface area contributed by atoms with Gasteiger partial charge in [-0.15, -0.1) is 5.10 Å². The number of benzene rings is 1. The molecule has 0 saturated carbocycles. The van der Waals surface area contributed by atoms with Gasteiger partial charge in [0.05, 0.1) is 22.1 Å². The molecule has 4 nitrogen and oxygen atoms in total. The number of rotatable bonds is 4. The summed E-state index contributed by atoms with van der Waals surface area (Å²) in [6.07, 6.45) is 3.04. The largest absolute Gasteiger partial charge is 0.396 e. The highest BCUT2D eigenvalue weighted by Crippen LogP contribution is 2.18. The van der Waals surface area contributed by atoms with E-state index < -0.39 is 0 Å². The number of aliphatic hydroxyl groups excluding tert-OH is 1. The highest BCUT2D eigenvalue weighted by Gasteiger charge is 2.05. The number of aliphatic hydroxyl groups is 1. The van der Waals surface area contributed by atoms with Crippen molar-refractivity contribution in [2.45, 2.75) is 12.8 Å². The Morgan fingerprint density at radius 2 is 2.24 bits per heavy atom. The van der Waals surface area contributed by atoms with Gasteiger partial charge in [0.1, 0.15) is 5.82 Å². The Morgan fingerprint density at radius 3 is 2.94 bits per heavy atom. The molecule has 0 radical (unpaired) electrons. The molecule has 0 saturated heterocycles. The highest BCUT2D eigenvalue weighted by molar-refractivity contribution is 9.10. The van der Waals surface area contributed by atoms with Crippen LogP contribution in [0.1, 0.15) is 12.1 Å². The van der Waals surface area contributed by atoms with Gasteiger partial charge in [0.15, 0.2) is 0 Å². The van der Waals surface area contributed by atoms with Crippen molar-refractivity contribution >= 4 is 15.9 Å². The van der Waals surface area contributed by atoms with E-state index in [-0.39, 0.29) is 12.4 Å². The molecule has 0 atom stereocenters. The third-order valence-corrected chi connectivity index (χ3v) is 2.94. The smallest absolute Gasteiger partial charge is 0.139 e. The molecule has 17 heavy (non-hydrogen) atoms. The second kappa shape index (κ2) is 5.37. The first-order valence-corrected chi connectivity index (χ1v) is 5.97. The average Bonchev–Trinajstić information content (AvgIpc) is 2.79. The molecule has 0 unspecified atom stereocenters. The Labute approximate surface area is 106 Å². The van der Waals surface area contributed by atoms with Crippen molar-refractivity contribution in [3.63, 3.8) is 0 Å². The SMILES string of the molecule is OCCCc1cn(-c2ccc(Br)c(F)c2)nn1. The maximum atomic E-state index is 13.3. The molecule has 2 rings (SSSR count). The van der Waals surface area contributed by atoms with Crippen molar-refractivity contribution in [3.8, 4) is 5.69 Å². The molecule has 0 fully saturated rings. The number of hydrogen-bond acceptors (Lipinski definition) is 3. The standard InChI is InChI=1S/C11H11BrFN3O/c12-10-4-3-9(6-11(10)13)16-7-8(14-15-16)2-1-5-17/h3-4,6-7,17H,1-2,5H2. The Hall–Kier alpha value is -1.27. The van der Waals surface area contributed by atoms with Gasteiger partial charge in [-0.3, -0.25) is 0 Å². The molecule has 90 valence electrons. The Morgan fingerprint density at radius 1 is 1.41 bits per heavy atom. The molecular formula is C11H11BrFN3O.